The van der Waals surface area contributed by atoms with E-state index in [4.69, 9.17) is 20.9 Å². The van der Waals surface area contributed by atoms with E-state index in [9.17, 15) is 22.0 Å². The van der Waals surface area contributed by atoms with Gasteiger partial charge in [0.25, 0.3) is 16.0 Å². The van der Waals surface area contributed by atoms with Crippen LogP contribution in [0.25, 0.3) is 21.1 Å². The highest BCUT2D eigenvalue weighted by Gasteiger charge is 2.27. The molecular formula is C25H20ClF2N5O5S2. The first-order valence-corrected chi connectivity index (χ1v) is 14.5. The third-order valence-corrected chi connectivity index (χ3v) is 7.66. The van der Waals surface area contributed by atoms with E-state index < -0.39 is 34.9 Å². The first-order valence-electron chi connectivity index (χ1n) is 11.6. The number of nitrogens with zero attached hydrogens (tertiary/aromatic N) is 4. The Morgan fingerprint density at radius 3 is 2.75 bits per heavy atom. The summed E-state index contributed by atoms with van der Waals surface area (Å²) in [6.45, 7) is -0.503. The summed E-state index contributed by atoms with van der Waals surface area (Å²) in [7, 11) is -4.72. The van der Waals surface area contributed by atoms with Gasteiger partial charge in [-0.2, -0.15) is 17.2 Å². The van der Waals surface area contributed by atoms with Crippen LogP contribution in [0.15, 0.2) is 66.4 Å². The highest BCUT2D eigenvalue weighted by Crippen LogP contribution is 2.37. The molecule has 2 aromatic carbocycles. The van der Waals surface area contributed by atoms with Crippen molar-refractivity contribution in [2.75, 3.05) is 17.7 Å². The maximum Gasteiger partial charge on any atom is 0.315 e. The van der Waals surface area contributed by atoms with E-state index in [-0.39, 0.29) is 6.54 Å². The Kier molecular flexibility index (Phi) is 7.85. The number of rotatable bonds is 10. The molecule has 1 amide bonds. The van der Waals surface area contributed by atoms with Gasteiger partial charge in [0.1, 0.15) is 29.2 Å². The van der Waals surface area contributed by atoms with Gasteiger partial charge in [0.2, 0.25) is 0 Å². The van der Waals surface area contributed by atoms with Gasteiger partial charge >= 0.3 is 6.43 Å². The number of anilines is 2. The van der Waals surface area contributed by atoms with Gasteiger partial charge in [-0.3, -0.25) is 9.35 Å². The molecule has 0 fully saturated rings. The molecule has 0 aliphatic rings. The Balaban J connectivity index is 1.37. The lowest BCUT2D eigenvalue weighted by atomic mass is 10.2. The second kappa shape index (κ2) is 11.3. The van der Waals surface area contributed by atoms with Crippen molar-refractivity contribution in [2.45, 2.75) is 13.0 Å². The van der Waals surface area contributed by atoms with Gasteiger partial charge in [-0.25, -0.2) is 9.97 Å². The number of hydrogen-bond acceptors (Lipinski definition) is 8. The minimum atomic E-state index is -4.72. The second-order valence-electron chi connectivity index (χ2n) is 8.54. The summed E-state index contributed by atoms with van der Waals surface area (Å²) < 4.78 is 66.3. The third kappa shape index (κ3) is 6.14. The van der Waals surface area contributed by atoms with Crippen LogP contribution >= 0.6 is 22.9 Å². The van der Waals surface area contributed by atoms with Crippen molar-refractivity contribution in [3.05, 3.63) is 71.5 Å². The number of benzene rings is 2. The zero-order valence-corrected chi connectivity index (χ0v) is 22.8. The molecule has 0 saturated carbocycles. The molecule has 0 saturated heterocycles. The number of hydrogen-bond donors (Lipinski definition) is 2. The van der Waals surface area contributed by atoms with Gasteiger partial charge in [-0.1, -0.05) is 17.7 Å². The second-order valence-corrected chi connectivity index (χ2v) is 11.3. The molecule has 208 valence electrons. The summed E-state index contributed by atoms with van der Waals surface area (Å²) in [4.78, 5) is 20.7. The molecule has 15 heteroatoms. The van der Waals surface area contributed by atoms with E-state index >= 15 is 0 Å². The van der Waals surface area contributed by atoms with Crippen molar-refractivity contribution < 1.29 is 31.3 Å². The Morgan fingerprint density at radius 2 is 2.00 bits per heavy atom. The smallest absolute Gasteiger partial charge is 0.315 e. The van der Waals surface area contributed by atoms with Crippen LogP contribution in [0.3, 0.4) is 0 Å². The Morgan fingerprint density at radius 1 is 1.18 bits per heavy atom. The highest BCUT2D eigenvalue weighted by atomic mass is 35.5. The van der Waals surface area contributed by atoms with Crippen LogP contribution < -0.4 is 10.1 Å². The molecular weight excluding hydrogens is 588 g/mol. The SMILES string of the molecule is O=C(C(F)F)N(CCn1ccc2ncnc(Nc3ccc(Oc4cccc5sccc45)c(Cl)c3)c21)CS(=O)(=O)O. The monoisotopic (exact) mass is 607 g/mol. The van der Waals surface area contributed by atoms with Crippen molar-refractivity contribution >= 4 is 71.6 Å². The molecule has 0 aliphatic heterocycles. The van der Waals surface area contributed by atoms with E-state index in [0.717, 1.165) is 10.1 Å². The van der Waals surface area contributed by atoms with Gasteiger partial charge in [-0.15, -0.1) is 11.3 Å². The van der Waals surface area contributed by atoms with Crippen LogP contribution in [0.2, 0.25) is 5.02 Å². The van der Waals surface area contributed by atoms with E-state index in [1.165, 1.54) is 6.33 Å². The summed E-state index contributed by atoms with van der Waals surface area (Å²) in [6.07, 6.45) is -0.503. The van der Waals surface area contributed by atoms with E-state index in [1.54, 1.807) is 46.4 Å². The number of thiophene rings is 1. The average Bonchev–Trinajstić information content (AvgIpc) is 3.55. The van der Waals surface area contributed by atoms with Crippen molar-refractivity contribution in [2.24, 2.45) is 0 Å². The molecule has 5 rings (SSSR count). The topological polar surface area (TPSA) is 127 Å². The normalized spacial score (nSPS) is 11.8. The summed E-state index contributed by atoms with van der Waals surface area (Å²) in [5.41, 5.74) is 1.55. The number of nitrogens with one attached hydrogen (secondary N) is 1. The maximum atomic E-state index is 13.0. The van der Waals surface area contributed by atoms with Crippen LogP contribution in [0.4, 0.5) is 20.3 Å². The first kappa shape index (κ1) is 27.7. The number of ether oxygens (including phenoxy) is 1. The first-order chi connectivity index (χ1) is 19.1. The molecule has 0 radical (unpaired) electrons. The minimum Gasteiger partial charge on any atom is -0.455 e. The molecule has 3 aromatic heterocycles. The van der Waals surface area contributed by atoms with Crippen LogP contribution in [0, 0.1) is 0 Å². The minimum absolute atomic E-state index is 0.0821. The highest BCUT2D eigenvalue weighted by molar-refractivity contribution is 7.85. The van der Waals surface area contributed by atoms with Crippen molar-refractivity contribution in [3.63, 3.8) is 0 Å². The fourth-order valence-electron chi connectivity index (χ4n) is 4.08. The van der Waals surface area contributed by atoms with Crippen LogP contribution in [-0.2, 0) is 21.5 Å². The standard InChI is InChI=1S/C25H20ClF2N5O5S2/c26-17-12-15(4-5-20(17)38-19-2-1-3-21-16(19)7-11-39-21)31-24-22-18(29-13-30-24)6-8-32(22)9-10-33(14-40(35,36)37)25(34)23(27)28/h1-8,11-13,23H,9-10,14H2,(H,29,30,31)(H,35,36,37). The number of carbonyl (C=O) groups is 1. The molecule has 0 spiro atoms. The number of amides is 1. The summed E-state index contributed by atoms with van der Waals surface area (Å²) in [5, 5.41) is 6.44. The van der Waals surface area contributed by atoms with Gasteiger partial charge < -0.3 is 19.5 Å². The van der Waals surface area contributed by atoms with E-state index in [2.05, 4.69) is 15.3 Å². The Labute approximate surface area is 235 Å². The average molecular weight is 608 g/mol. The summed E-state index contributed by atoms with van der Waals surface area (Å²) >= 11 is 8.13. The van der Waals surface area contributed by atoms with Crippen LogP contribution in [-0.4, -0.2) is 57.2 Å². The van der Waals surface area contributed by atoms with Crippen LogP contribution in [0.1, 0.15) is 0 Å². The Bertz CT molecular complexity index is 1810. The lowest BCUT2D eigenvalue weighted by molar-refractivity contribution is -0.142. The lowest BCUT2D eigenvalue weighted by Crippen LogP contribution is -2.41. The third-order valence-electron chi connectivity index (χ3n) is 5.85. The fraction of sp³-hybridized carbons (Fsp3) is 0.160. The summed E-state index contributed by atoms with van der Waals surface area (Å²) in [5.74, 6) is -1.50. The molecule has 0 bridgehead atoms. The maximum absolute atomic E-state index is 13.0. The molecule has 0 unspecified atom stereocenters. The molecule has 0 atom stereocenters. The zero-order valence-electron chi connectivity index (χ0n) is 20.4. The number of alkyl halides is 2. The number of aromatic nitrogens is 3. The predicted octanol–water partition coefficient (Wildman–Crippen LogP) is 5.77. The number of carbonyl (C=O) groups excluding carboxylic acids is 1. The molecule has 5 aromatic rings. The molecule has 0 aliphatic carbocycles. The molecule has 2 N–H and O–H groups in total. The lowest BCUT2D eigenvalue weighted by Gasteiger charge is -2.21. The van der Waals surface area contributed by atoms with Gasteiger partial charge in [0.15, 0.2) is 5.82 Å². The number of halogens is 3. The summed E-state index contributed by atoms with van der Waals surface area (Å²) in [6, 6.07) is 14.5. The molecule has 3 heterocycles. The van der Waals surface area contributed by atoms with Crippen molar-refractivity contribution in [1.29, 1.82) is 0 Å². The zero-order chi connectivity index (χ0) is 28.4. The number of fused-ring (bicyclic) bond motifs is 2. The van der Waals surface area contributed by atoms with Crippen molar-refractivity contribution in [3.8, 4) is 11.5 Å². The quantitative estimate of drug-likeness (QED) is 0.192. The molecule has 10 nitrogen and oxygen atoms in total. The van der Waals surface area contributed by atoms with Gasteiger partial charge in [-0.05, 0) is 47.8 Å². The van der Waals surface area contributed by atoms with E-state index in [1.807, 2.05) is 29.6 Å². The largest absolute Gasteiger partial charge is 0.455 e. The Hall–Kier alpha value is -3.85. The fourth-order valence-corrected chi connectivity index (χ4v) is 5.76. The van der Waals surface area contributed by atoms with Gasteiger partial charge in [0, 0.05) is 35.1 Å². The van der Waals surface area contributed by atoms with E-state index in [0.29, 0.717) is 44.0 Å². The molecule has 40 heavy (non-hydrogen) atoms. The van der Waals surface area contributed by atoms with Gasteiger partial charge in [0.05, 0.1) is 10.5 Å². The van der Waals surface area contributed by atoms with Crippen LogP contribution in [0.5, 0.6) is 11.5 Å². The predicted molar refractivity (Wildman–Crippen MR) is 148 cm³/mol. The van der Waals surface area contributed by atoms with Crippen molar-refractivity contribution in [1.82, 2.24) is 19.4 Å².